The van der Waals surface area contributed by atoms with Crippen LogP contribution in [-0.2, 0) is 25.4 Å². The van der Waals surface area contributed by atoms with E-state index in [-0.39, 0.29) is 36.8 Å². The molecule has 0 N–H and O–H groups in total. The molecule has 0 fully saturated rings. The molecular weight excluding hydrogens is 384 g/mol. The summed E-state index contributed by atoms with van der Waals surface area (Å²) in [6.07, 6.45) is -0.805. The average Bonchev–Trinajstić information content (AvgIpc) is 2.99. The van der Waals surface area contributed by atoms with Crippen molar-refractivity contribution in [2.75, 3.05) is 31.8 Å². The zero-order valence-electron chi connectivity index (χ0n) is 17.2. The number of methoxy groups -OCH3 is 1. The number of rotatable bonds is 7. The number of fused-ring (bicyclic) bond motifs is 1. The zero-order valence-corrected chi connectivity index (χ0v) is 17.2. The number of benzene rings is 1. The molecular formula is C19H26N2O8. The molecule has 0 aliphatic carbocycles. The molecule has 0 saturated heterocycles. The third-order valence-electron chi connectivity index (χ3n) is 4.01. The van der Waals surface area contributed by atoms with E-state index in [1.54, 1.807) is 33.8 Å². The van der Waals surface area contributed by atoms with Crippen LogP contribution in [0.2, 0.25) is 0 Å². The van der Waals surface area contributed by atoms with Crippen LogP contribution in [0, 0.1) is 10.1 Å². The molecule has 29 heavy (non-hydrogen) atoms. The molecule has 0 aromatic heterocycles. The minimum atomic E-state index is -1.06. The van der Waals surface area contributed by atoms with Crippen molar-refractivity contribution in [3.63, 3.8) is 0 Å². The highest BCUT2D eigenvalue weighted by molar-refractivity contribution is 6.01. The van der Waals surface area contributed by atoms with Crippen molar-refractivity contribution in [2.45, 2.75) is 45.8 Å². The third kappa shape index (κ3) is 5.35. The Morgan fingerprint density at radius 1 is 1.28 bits per heavy atom. The standard InChI is InChI=1S/C19H26N2O8/c1-6-27-17(22)15-10-12-9-13(28-8-7-26-5)11-14(21(24)25)16(12)20(15)18(23)29-19(2,3)4/h9,11,15H,6-8,10H2,1-5H3. The molecule has 1 aromatic carbocycles. The van der Waals surface area contributed by atoms with Crippen molar-refractivity contribution in [1.82, 2.24) is 0 Å². The van der Waals surface area contributed by atoms with Crippen LogP contribution in [0.4, 0.5) is 16.2 Å². The first-order valence-corrected chi connectivity index (χ1v) is 9.21. The lowest BCUT2D eigenvalue weighted by atomic mass is 10.1. The summed E-state index contributed by atoms with van der Waals surface area (Å²) >= 11 is 0. The van der Waals surface area contributed by atoms with Crippen molar-refractivity contribution < 1.29 is 33.5 Å². The number of anilines is 1. The van der Waals surface area contributed by atoms with E-state index in [1.807, 2.05) is 0 Å². The molecule has 1 unspecified atom stereocenters. The normalized spacial score (nSPS) is 15.6. The molecule has 2 rings (SSSR count). The van der Waals surface area contributed by atoms with E-state index >= 15 is 0 Å². The largest absolute Gasteiger partial charge is 0.491 e. The van der Waals surface area contributed by atoms with E-state index in [0.29, 0.717) is 12.2 Å². The minimum absolute atomic E-state index is 0.0152. The maximum absolute atomic E-state index is 12.8. The smallest absolute Gasteiger partial charge is 0.415 e. The van der Waals surface area contributed by atoms with Crippen molar-refractivity contribution in [3.8, 4) is 5.75 Å². The second-order valence-electron chi connectivity index (χ2n) is 7.37. The predicted molar refractivity (Wildman–Crippen MR) is 103 cm³/mol. The summed E-state index contributed by atoms with van der Waals surface area (Å²) in [5.74, 6) is -0.410. The maximum atomic E-state index is 12.8. The number of carbonyl (C=O) groups is 2. The molecule has 160 valence electrons. The van der Waals surface area contributed by atoms with Crippen molar-refractivity contribution in [1.29, 1.82) is 0 Å². The van der Waals surface area contributed by atoms with Crippen molar-refractivity contribution in [3.05, 3.63) is 27.8 Å². The Morgan fingerprint density at radius 2 is 1.97 bits per heavy atom. The molecule has 0 bridgehead atoms. The molecule has 1 atom stereocenters. The maximum Gasteiger partial charge on any atom is 0.415 e. The monoisotopic (exact) mass is 410 g/mol. The fourth-order valence-electron chi connectivity index (χ4n) is 2.96. The number of ether oxygens (including phenoxy) is 4. The van der Waals surface area contributed by atoms with Crippen LogP contribution < -0.4 is 9.64 Å². The first kappa shape index (κ1) is 22.4. The molecule has 1 aliphatic heterocycles. The van der Waals surface area contributed by atoms with Gasteiger partial charge < -0.3 is 18.9 Å². The molecule has 1 aromatic rings. The Balaban J connectivity index is 2.52. The number of hydrogen-bond acceptors (Lipinski definition) is 8. The lowest BCUT2D eigenvalue weighted by Crippen LogP contribution is -2.46. The predicted octanol–water partition coefficient (Wildman–Crippen LogP) is 2.85. The Kier molecular flexibility index (Phi) is 7.02. The van der Waals surface area contributed by atoms with Crippen LogP contribution in [0.3, 0.4) is 0 Å². The first-order chi connectivity index (χ1) is 13.6. The van der Waals surface area contributed by atoms with Gasteiger partial charge in [0.05, 0.1) is 24.2 Å². The molecule has 10 heteroatoms. The summed E-state index contributed by atoms with van der Waals surface area (Å²) in [6.45, 7) is 7.26. The lowest BCUT2D eigenvalue weighted by Gasteiger charge is -2.27. The van der Waals surface area contributed by atoms with Gasteiger partial charge in [-0.25, -0.2) is 9.59 Å². The molecule has 0 spiro atoms. The van der Waals surface area contributed by atoms with Gasteiger partial charge in [0, 0.05) is 13.5 Å². The molecule has 1 aliphatic rings. The fraction of sp³-hybridized carbons (Fsp3) is 0.579. The second kappa shape index (κ2) is 9.08. The summed E-state index contributed by atoms with van der Waals surface area (Å²) in [5.41, 5.74) is -0.763. The summed E-state index contributed by atoms with van der Waals surface area (Å²) in [5, 5.41) is 11.7. The van der Waals surface area contributed by atoms with Crippen LogP contribution in [0.5, 0.6) is 5.75 Å². The van der Waals surface area contributed by atoms with Gasteiger partial charge in [0.2, 0.25) is 0 Å². The summed E-state index contributed by atoms with van der Waals surface area (Å²) < 4.78 is 20.9. The Labute approximate surface area is 168 Å². The highest BCUT2D eigenvalue weighted by Gasteiger charge is 2.45. The van der Waals surface area contributed by atoms with Gasteiger partial charge in [0.15, 0.2) is 0 Å². The quantitative estimate of drug-likeness (QED) is 0.291. The van der Waals surface area contributed by atoms with E-state index in [1.165, 1.54) is 13.2 Å². The minimum Gasteiger partial charge on any atom is -0.491 e. The number of carbonyl (C=O) groups excluding carboxylic acids is 2. The number of hydrogen-bond donors (Lipinski definition) is 0. The van der Waals surface area contributed by atoms with Crippen LogP contribution in [0.15, 0.2) is 12.1 Å². The van der Waals surface area contributed by atoms with E-state index in [4.69, 9.17) is 18.9 Å². The zero-order chi connectivity index (χ0) is 21.8. The SMILES string of the molecule is CCOC(=O)C1Cc2cc(OCCOC)cc([N+](=O)[O-])c2N1C(=O)OC(C)(C)C. The van der Waals surface area contributed by atoms with Crippen LogP contribution in [0.25, 0.3) is 0 Å². The van der Waals surface area contributed by atoms with E-state index < -0.39 is 28.6 Å². The Hall–Kier alpha value is -2.88. The number of nitrogens with zero attached hydrogens (tertiary/aromatic N) is 2. The molecule has 10 nitrogen and oxygen atoms in total. The van der Waals surface area contributed by atoms with Crippen LogP contribution >= 0.6 is 0 Å². The van der Waals surface area contributed by atoms with Crippen molar-refractivity contribution in [2.24, 2.45) is 0 Å². The van der Waals surface area contributed by atoms with Gasteiger partial charge in [-0.05, 0) is 39.3 Å². The Bertz CT molecular complexity index is 787. The number of nitro groups is 1. The average molecular weight is 410 g/mol. The highest BCUT2D eigenvalue weighted by atomic mass is 16.6. The van der Waals surface area contributed by atoms with Gasteiger partial charge in [-0.2, -0.15) is 0 Å². The lowest BCUT2D eigenvalue weighted by molar-refractivity contribution is -0.384. The van der Waals surface area contributed by atoms with Gasteiger partial charge >= 0.3 is 12.1 Å². The van der Waals surface area contributed by atoms with Crippen LogP contribution in [-0.4, -0.2) is 55.6 Å². The summed E-state index contributed by atoms with van der Waals surface area (Å²) in [6, 6.07) is 1.74. The Morgan fingerprint density at radius 3 is 2.52 bits per heavy atom. The molecule has 0 radical (unpaired) electrons. The molecule has 1 amide bonds. The second-order valence-corrected chi connectivity index (χ2v) is 7.37. The topological polar surface area (TPSA) is 117 Å². The summed E-state index contributed by atoms with van der Waals surface area (Å²) in [7, 11) is 1.51. The van der Waals surface area contributed by atoms with E-state index in [9.17, 15) is 19.7 Å². The highest BCUT2D eigenvalue weighted by Crippen LogP contribution is 2.43. The van der Waals surface area contributed by atoms with E-state index in [0.717, 1.165) is 4.90 Å². The number of amides is 1. The first-order valence-electron chi connectivity index (χ1n) is 9.21. The number of nitro benzene ring substituents is 1. The fourth-order valence-corrected chi connectivity index (χ4v) is 2.96. The van der Waals surface area contributed by atoms with Crippen molar-refractivity contribution >= 4 is 23.4 Å². The third-order valence-corrected chi connectivity index (χ3v) is 4.01. The summed E-state index contributed by atoms with van der Waals surface area (Å²) in [4.78, 5) is 37.4. The van der Waals surface area contributed by atoms with Gasteiger partial charge in [-0.3, -0.25) is 15.0 Å². The van der Waals surface area contributed by atoms with E-state index in [2.05, 4.69) is 0 Å². The van der Waals surface area contributed by atoms with Gasteiger partial charge in [-0.15, -0.1) is 0 Å². The van der Waals surface area contributed by atoms with Gasteiger partial charge in [-0.1, -0.05) is 0 Å². The molecule has 1 heterocycles. The molecule has 0 saturated carbocycles. The van der Waals surface area contributed by atoms with Gasteiger partial charge in [0.25, 0.3) is 5.69 Å². The van der Waals surface area contributed by atoms with Crippen LogP contribution in [0.1, 0.15) is 33.3 Å². The van der Waals surface area contributed by atoms with Gasteiger partial charge in [0.1, 0.15) is 29.7 Å². The number of esters is 1.